The highest BCUT2D eigenvalue weighted by molar-refractivity contribution is 5.71. The topological polar surface area (TPSA) is 78.9 Å². The van der Waals surface area contributed by atoms with E-state index in [1.54, 1.807) is 0 Å². The Morgan fingerprint density at radius 3 is 1.10 bits per heavy atom. The van der Waals surface area contributed by atoms with Crippen LogP contribution in [-0.2, 0) is 28.6 Å². The molecule has 388 valence electrons. The largest absolute Gasteiger partial charge is 0.462 e. The van der Waals surface area contributed by atoms with Gasteiger partial charge in [0.2, 0.25) is 0 Å². The minimum atomic E-state index is -0.856. The lowest BCUT2D eigenvalue weighted by Gasteiger charge is -2.18. The number of hydrogen-bond acceptors (Lipinski definition) is 6. The molecular formula is C65H92O6. The molecule has 6 heteroatoms. The zero-order valence-corrected chi connectivity index (χ0v) is 44.1. The molecule has 0 spiro atoms. The van der Waals surface area contributed by atoms with Crippen LogP contribution in [0.3, 0.4) is 0 Å². The molecule has 0 bridgehead atoms. The van der Waals surface area contributed by atoms with E-state index >= 15 is 0 Å². The molecule has 1 unspecified atom stereocenters. The minimum absolute atomic E-state index is 0.149. The fourth-order valence-electron chi connectivity index (χ4n) is 6.15. The molecule has 0 N–H and O–H groups in total. The average Bonchev–Trinajstić information content (AvgIpc) is 3.37. The highest BCUT2D eigenvalue weighted by atomic mass is 16.6. The molecular weight excluding hydrogens is 877 g/mol. The van der Waals surface area contributed by atoms with Crippen LogP contribution < -0.4 is 0 Å². The summed E-state index contributed by atoms with van der Waals surface area (Å²) in [7, 11) is 0. The van der Waals surface area contributed by atoms with Gasteiger partial charge in [-0.05, 0) is 89.9 Å². The third-order valence-electron chi connectivity index (χ3n) is 10.1. The Hall–Kier alpha value is -6.01. The molecule has 6 nitrogen and oxygen atoms in total. The molecule has 0 heterocycles. The molecule has 1 atom stereocenters. The van der Waals surface area contributed by atoms with E-state index in [0.717, 1.165) is 96.3 Å². The Morgan fingerprint density at radius 1 is 0.310 bits per heavy atom. The first-order valence-corrected chi connectivity index (χ1v) is 26.8. The van der Waals surface area contributed by atoms with Gasteiger partial charge in [-0.25, -0.2) is 0 Å². The van der Waals surface area contributed by atoms with Crippen molar-refractivity contribution in [2.45, 2.75) is 168 Å². The van der Waals surface area contributed by atoms with Crippen molar-refractivity contribution in [2.24, 2.45) is 0 Å². The molecule has 0 aromatic rings. The Kier molecular flexibility index (Phi) is 51.8. The van der Waals surface area contributed by atoms with Gasteiger partial charge in [0.05, 0.1) is 0 Å². The number of rotatable bonds is 44. The van der Waals surface area contributed by atoms with E-state index in [9.17, 15) is 14.4 Å². The molecule has 0 saturated carbocycles. The molecule has 0 fully saturated rings. The summed E-state index contributed by atoms with van der Waals surface area (Å²) in [6.45, 7) is 6.12. The number of unbranched alkanes of at least 4 members (excludes halogenated alkanes) is 9. The van der Waals surface area contributed by atoms with Gasteiger partial charge < -0.3 is 14.2 Å². The monoisotopic (exact) mass is 969 g/mol. The van der Waals surface area contributed by atoms with Gasteiger partial charge in [-0.15, -0.1) is 0 Å². The molecule has 0 amide bonds. The fourth-order valence-corrected chi connectivity index (χ4v) is 6.15. The van der Waals surface area contributed by atoms with Crippen molar-refractivity contribution < 1.29 is 28.6 Å². The smallest absolute Gasteiger partial charge is 0.306 e. The van der Waals surface area contributed by atoms with Crippen LogP contribution in [-0.4, -0.2) is 37.2 Å². The number of carbonyl (C=O) groups is 3. The van der Waals surface area contributed by atoms with Crippen molar-refractivity contribution in [2.75, 3.05) is 13.2 Å². The fraction of sp³-hybridized carbons (Fsp3) is 0.431. The summed E-state index contributed by atoms with van der Waals surface area (Å²) in [4.78, 5) is 38.1. The predicted molar refractivity (Wildman–Crippen MR) is 306 cm³/mol. The zero-order valence-electron chi connectivity index (χ0n) is 44.1. The van der Waals surface area contributed by atoms with Gasteiger partial charge in [-0.3, -0.25) is 14.4 Å². The van der Waals surface area contributed by atoms with Gasteiger partial charge >= 0.3 is 17.9 Å². The van der Waals surface area contributed by atoms with Crippen molar-refractivity contribution in [1.29, 1.82) is 0 Å². The Balaban J connectivity index is 4.72. The van der Waals surface area contributed by atoms with Gasteiger partial charge in [-0.2, -0.15) is 0 Å². The van der Waals surface area contributed by atoms with E-state index in [-0.39, 0.29) is 50.4 Å². The van der Waals surface area contributed by atoms with E-state index < -0.39 is 6.10 Å². The second-order valence-corrected chi connectivity index (χ2v) is 16.6. The van der Waals surface area contributed by atoms with Crippen LogP contribution in [0.4, 0.5) is 0 Å². The van der Waals surface area contributed by atoms with Gasteiger partial charge in [-0.1, -0.05) is 259 Å². The maximum atomic E-state index is 12.8. The summed E-state index contributed by atoms with van der Waals surface area (Å²) in [5.74, 6) is -1.12. The van der Waals surface area contributed by atoms with Crippen molar-refractivity contribution in [1.82, 2.24) is 0 Å². The Morgan fingerprint density at radius 2 is 0.648 bits per heavy atom. The third-order valence-corrected chi connectivity index (χ3v) is 10.1. The molecule has 0 aliphatic carbocycles. The number of esters is 3. The van der Waals surface area contributed by atoms with Crippen LogP contribution in [0.1, 0.15) is 162 Å². The van der Waals surface area contributed by atoms with E-state index in [0.29, 0.717) is 19.3 Å². The summed E-state index contributed by atoms with van der Waals surface area (Å²) in [5, 5.41) is 0. The molecule has 0 aliphatic rings. The van der Waals surface area contributed by atoms with E-state index in [1.807, 2.05) is 122 Å². The quantitative estimate of drug-likeness (QED) is 0.0199. The van der Waals surface area contributed by atoms with Gasteiger partial charge in [0.15, 0.2) is 6.10 Å². The lowest BCUT2D eigenvalue weighted by atomic mass is 10.1. The molecule has 0 aliphatic heterocycles. The average molecular weight is 969 g/mol. The summed E-state index contributed by atoms with van der Waals surface area (Å²) >= 11 is 0. The second kappa shape index (κ2) is 56.6. The SMILES string of the molecule is CC\C=C/C=C\C=C/C=C\C=C\C=C/C=C\CCCCCC(=O)OCC(COC(=O)CC/C=C\C/C=C\C/C=C\C/C=C\C/C=C\CC)OC(=O)CCCCCCC\C=C/C=C\C=C/C=C\C=C/CCC. The van der Waals surface area contributed by atoms with Crippen molar-refractivity contribution in [3.8, 4) is 0 Å². The highest BCUT2D eigenvalue weighted by Crippen LogP contribution is 2.11. The zero-order chi connectivity index (χ0) is 51.4. The summed E-state index contributed by atoms with van der Waals surface area (Å²) < 4.78 is 16.7. The number of carbonyl (C=O) groups excluding carboxylic acids is 3. The highest BCUT2D eigenvalue weighted by Gasteiger charge is 2.19. The van der Waals surface area contributed by atoms with Crippen molar-refractivity contribution >= 4 is 17.9 Å². The molecule has 0 rings (SSSR count). The van der Waals surface area contributed by atoms with Crippen LogP contribution in [0, 0.1) is 0 Å². The maximum absolute atomic E-state index is 12.8. The number of allylic oxidation sites excluding steroid dienone is 34. The van der Waals surface area contributed by atoms with Crippen molar-refractivity contribution in [3.05, 3.63) is 207 Å². The molecule has 0 aromatic heterocycles. The van der Waals surface area contributed by atoms with Crippen LogP contribution >= 0.6 is 0 Å². The number of ether oxygens (including phenoxy) is 3. The van der Waals surface area contributed by atoms with Crippen LogP contribution in [0.15, 0.2) is 207 Å². The second-order valence-electron chi connectivity index (χ2n) is 16.6. The number of hydrogen-bond donors (Lipinski definition) is 0. The van der Waals surface area contributed by atoms with Crippen molar-refractivity contribution in [3.63, 3.8) is 0 Å². The van der Waals surface area contributed by atoms with E-state index in [1.165, 1.54) is 6.42 Å². The molecule has 0 saturated heterocycles. The standard InChI is InChI=1S/C65H92O6/c1-4-7-10-13-16-19-22-25-28-31-33-35-37-40-43-46-49-52-55-58-64(67)70-61-62(60-69-63(66)57-54-51-48-45-42-39-36-30-27-24-21-18-15-12-9-6-3)71-65(68)59-56-53-50-47-44-41-38-34-32-29-26-23-20-17-14-11-8-5-2/h7,9-14,16-23,25-35,37-40,42-43,48,51,62H,4-6,8,15,24,36,41,44-47,49-50,52-61H2,1-3H3/b10-7-,12-9-,14-11-,16-13-,20-17-,21-18-,22-19-,26-23-,28-25-,30-27-,32-29-,33-31+,37-35-,38-34-,42-39-,43-40-,51-48-. The van der Waals surface area contributed by atoms with Crippen LogP contribution in [0.2, 0.25) is 0 Å². The summed E-state index contributed by atoms with van der Waals surface area (Å²) in [5.41, 5.74) is 0. The van der Waals surface area contributed by atoms with Gasteiger partial charge in [0, 0.05) is 19.3 Å². The summed E-state index contributed by atoms with van der Waals surface area (Å²) in [6.07, 6.45) is 88.1. The summed E-state index contributed by atoms with van der Waals surface area (Å²) in [6, 6.07) is 0. The Labute approximate surface area is 432 Å². The van der Waals surface area contributed by atoms with E-state index in [2.05, 4.69) is 106 Å². The molecule has 71 heavy (non-hydrogen) atoms. The van der Waals surface area contributed by atoms with Gasteiger partial charge in [0.1, 0.15) is 13.2 Å². The maximum Gasteiger partial charge on any atom is 0.306 e. The van der Waals surface area contributed by atoms with Crippen LogP contribution in [0.25, 0.3) is 0 Å². The first-order chi connectivity index (χ1) is 35.0. The first kappa shape index (κ1) is 65.0. The lowest BCUT2D eigenvalue weighted by Crippen LogP contribution is -2.30. The lowest BCUT2D eigenvalue weighted by molar-refractivity contribution is -0.166. The third kappa shape index (κ3) is 54.8. The van der Waals surface area contributed by atoms with Crippen LogP contribution in [0.5, 0.6) is 0 Å². The molecule has 0 radical (unpaired) electrons. The van der Waals surface area contributed by atoms with Gasteiger partial charge in [0.25, 0.3) is 0 Å². The predicted octanol–water partition coefficient (Wildman–Crippen LogP) is 18.1. The minimum Gasteiger partial charge on any atom is -0.462 e. The normalized spacial score (nSPS) is 13.8. The molecule has 0 aromatic carbocycles. The Bertz CT molecular complexity index is 1830. The van der Waals surface area contributed by atoms with E-state index in [4.69, 9.17) is 14.2 Å². The first-order valence-electron chi connectivity index (χ1n) is 26.8.